The Labute approximate surface area is 124 Å². The Morgan fingerprint density at radius 1 is 1.38 bits per heavy atom. The number of pyridine rings is 1. The fraction of sp³-hybridized carbons (Fsp3) is 0.533. The van der Waals surface area contributed by atoms with Crippen molar-refractivity contribution in [3.63, 3.8) is 0 Å². The molecule has 0 aromatic carbocycles. The van der Waals surface area contributed by atoms with Crippen LogP contribution in [0.25, 0.3) is 0 Å². The number of amides is 1. The molecule has 0 radical (unpaired) electrons. The summed E-state index contributed by atoms with van der Waals surface area (Å²) in [6.07, 6.45) is 8.44. The highest BCUT2D eigenvalue weighted by atomic mass is 16.4. The van der Waals surface area contributed by atoms with Gasteiger partial charge in [-0.05, 0) is 31.4 Å². The van der Waals surface area contributed by atoms with Gasteiger partial charge in [-0.3, -0.25) is 9.78 Å². The first-order chi connectivity index (χ1) is 10.1. The van der Waals surface area contributed by atoms with E-state index in [9.17, 15) is 4.79 Å². The molecule has 21 heavy (non-hydrogen) atoms. The van der Waals surface area contributed by atoms with Crippen LogP contribution in [0, 0.1) is 12.3 Å². The summed E-state index contributed by atoms with van der Waals surface area (Å²) < 4.78 is 0. The molecule has 114 valence electrons. The van der Waals surface area contributed by atoms with Gasteiger partial charge in [0.05, 0.1) is 11.9 Å². The standard InChI is InChI=1S/C15H22N4O2/c1-11-6-9-17-10-12(11)18-14(20)15(13(16)19-21)7-4-2-3-5-8-15/h6,9-10,21H,2-5,7-8H2,1H3,(H2,16,19)(H,18,20). The van der Waals surface area contributed by atoms with Gasteiger partial charge in [0.25, 0.3) is 0 Å². The van der Waals surface area contributed by atoms with Crippen LogP contribution in [0.4, 0.5) is 5.69 Å². The third kappa shape index (κ3) is 3.15. The van der Waals surface area contributed by atoms with E-state index in [1.54, 1.807) is 12.4 Å². The summed E-state index contributed by atoms with van der Waals surface area (Å²) in [5, 5.41) is 15.1. The van der Waals surface area contributed by atoms with Crippen molar-refractivity contribution in [1.82, 2.24) is 4.98 Å². The zero-order valence-corrected chi connectivity index (χ0v) is 12.3. The lowest BCUT2D eigenvalue weighted by Crippen LogP contribution is -2.47. The van der Waals surface area contributed by atoms with Gasteiger partial charge in [-0.15, -0.1) is 0 Å². The lowest BCUT2D eigenvalue weighted by atomic mass is 9.78. The largest absolute Gasteiger partial charge is 0.409 e. The minimum atomic E-state index is -0.923. The molecular formula is C15H22N4O2. The highest BCUT2D eigenvalue weighted by Gasteiger charge is 2.43. The fourth-order valence-corrected chi connectivity index (χ4v) is 2.86. The molecule has 2 rings (SSSR count). The normalized spacial score (nSPS) is 18.8. The quantitative estimate of drug-likeness (QED) is 0.261. The second kappa shape index (κ2) is 6.56. The molecule has 6 nitrogen and oxygen atoms in total. The molecule has 0 aliphatic heterocycles. The van der Waals surface area contributed by atoms with Gasteiger partial charge in [-0.25, -0.2) is 0 Å². The van der Waals surface area contributed by atoms with Gasteiger partial charge in [0, 0.05) is 6.20 Å². The van der Waals surface area contributed by atoms with Crippen LogP contribution in [0.5, 0.6) is 0 Å². The predicted molar refractivity (Wildman–Crippen MR) is 81.1 cm³/mol. The number of hydrogen-bond acceptors (Lipinski definition) is 4. The zero-order chi connectivity index (χ0) is 15.3. The van der Waals surface area contributed by atoms with E-state index in [0.717, 1.165) is 31.2 Å². The number of carbonyl (C=O) groups excluding carboxylic acids is 1. The highest BCUT2D eigenvalue weighted by molar-refractivity contribution is 6.12. The van der Waals surface area contributed by atoms with E-state index in [-0.39, 0.29) is 11.7 Å². The van der Waals surface area contributed by atoms with Gasteiger partial charge >= 0.3 is 0 Å². The van der Waals surface area contributed by atoms with Crippen molar-refractivity contribution in [2.24, 2.45) is 16.3 Å². The van der Waals surface area contributed by atoms with Crippen molar-refractivity contribution in [3.05, 3.63) is 24.0 Å². The van der Waals surface area contributed by atoms with Gasteiger partial charge in [0.15, 0.2) is 5.84 Å². The van der Waals surface area contributed by atoms with Gasteiger partial charge in [-0.2, -0.15) is 0 Å². The monoisotopic (exact) mass is 290 g/mol. The number of rotatable bonds is 3. The van der Waals surface area contributed by atoms with E-state index in [1.165, 1.54) is 0 Å². The Morgan fingerprint density at radius 3 is 2.62 bits per heavy atom. The van der Waals surface area contributed by atoms with Crippen molar-refractivity contribution in [2.75, 3.05) is 5.32 Å². The number of nitrogens with zero attached hydrogens (tertiary/aromatic N) is 2. The number of anilines is 1. The Bertz CT molecular complexity index is 534. The minimum Gasteiger partial charge on any atom is -0.409 e. The number of aryl methyl sites for hydroxylation is 1. The summed E-state index contributed by atoms with van der Waals surface area (Å²) in [7, 11) is 0. The molecule has 6 heteroatoms. The van der Waals surface area contributed by atoms with Gasteiger partial charge in [-0.1, -0.05) is 30.8 Å². The van der Waals surface area contributed by atoms with Crippen LogP contribution in [0.1, 0.15) is 44.1 Å². The maximum Gasteiger partial charge on any atom is 0.238 e. The molecule has 1 aliphatic carbocycles. The van der Waals surface area contributed by atoms with Crippen LogP contribution in [0.15, 0.2) is 23.6 Å². The Balaban J connectivity index is 2.28. The molecule has 0 saturated heterocycles. The number of carbonyl (C=O) groups is 1. The molecular weight excluding hydrogens is 268 g/mol. The third-order valence-electron chi connectivity index (χ3n) is 4.28. The van der Waals surface area contributed by atoms with E-state index >= 15 is 0 Å². The predicted octanol–water partition coefficient (Wildman–Crippen LogP) is 2.42. The SMILES string of the molecule is Cc1ccncc1NC(=O)C1(C(N)=NO)CCCCCC1. The van der Waals surface area contributed by atoms with E-state index in [4.69, 9.17) is 10.9 Å². The summed E-state index contributed by atoms with van der Waals surface area (Å²) in [6.45, 7) is 1.90. The number of amidine groups is 1. The highest BCUT2D eigenvalue weighted by Crippen LogP contribution is 2.36. The lowest BCUT2D eigenvalue weighted by Gasteiger charge is -2.30. The maximum absolute atomic E-state index is 12.8. The summed E-state index contributed by atoms with van der Waals surface area (Å²) in [6, 6.07) is 1.83. The second-order valence-corrected chi connectivity index (χ2v) is 5.63. The van der Waals surface area contributed by atoms with Crippen LogP contribution in [0.3, 0.4) is 0 Å². The Hall–Kier alpha value is -2.11. The van der Waals surface area contributed by atoms with Crippen LogP contribution < -0.4 is 11.1 Å². The first-order valence-corrected chi connectivity index (χ1v) is 7.30. The van der Waals surface area contributed by atoms with Crippen molar-refractivity contribution in [2.45, 2.75) is 45.4 Å². The molecule has 1 fully saturated rings. The maximum atomic E-state index is 12.8. The molecule has 4 N–H and O–H groups in total. The average Bonchev–Trinajstić information content (AvgIpc) is 2.75. The van der Waals surface area contributed by atoms with Gasteiger partial charge in [0.2, 0.25) is 5.91 Å². The molecule has 0 spiro atoms. The zero-order valence-electron chi connectivity index (χ0n) is 12.3. The summed E-state index contributed by atoms with van der Waals surface area (Å²) in [5.41, 5.74) is 6.54. The van der Waals surface area contributed by atoms with Crippen LogP contribution >= 0.6 is 0 Å². The molecule has 0 unspecified atom stereocenters. The second-order valence-electron chi connectivity index (χ2n) is 5.63. The molecule has 0 atom stereocenters. The van der Waals surface area contributed by atoms with Crippen molar-refractivity contribution in [1.29, 1.82) is 0 Å². The van der Waals surface area contributed by atoms with Crippen molar-refractivity contribution < 1.29 is 10.0 Å². The number of hydrogen-bond donors (Lipinski definition) is 3. The van der Waals surface area contributed by atoms with Crippen LogP contribution in [-0.4, -0.2) is 21.9 Å². The molecule has 1 heterocycles. The molecule has 0 bridgehead atoms. The van der Waals surface area contributed by atoms with E-state index < -0.39 is 5.41 Å². The third-order valence-corrected chi connectivity index (χ3v) is 4.28. The van der Waals surface area contributed by atoms with Gasteiger partial charge < -0.3 is 16.3 Å². The summed E-state index contributed by atoms with van der Waals surface area (Å²) in [5.74, 6) is -0.209. The minimum absolute atomic E-state index is 0.00319. The topological polar surface area (TPSA) is 101 Å². The number of nitrogens with one attached hydrogen (secondary N) is 1. The smallest absolute Gasteiger partial charge is 0.238 e. The van der Waals surface area contributed by atoms with Crippen LogP contribution in [-0.2, 0) is 4.79 Å². The first-order valence-electron chi connectivity index (χ1n) is 7.30. The molecule has 1 aromatic heterocycles. The van der Waals surface area contributed by atoms with Crippen molar-refractivity contribution >= 4 is 17.4 Å². The number of nitrogens with two attached hydrogens (primary N) is 1. The average molecular weight is 290 g/mol. The molecule has 1 amide bonds. The van der Waals surface area contributed by atoms with E-state index in [1.807, 2.05) is 13.0 Å². The summed E-state index contributed by atoms with van der Waals surface area (Å²) >= 11 is 0. The fourth-order valence-electron chi connectivity index (χ4n) is 2.86. The molecule has 1 aromatic rings. The lowest BCUT2D eigenvalue weighted by molar-refractivity contribution is -0.123. The van der Waals surface area contributed by atoms with Gasteiger partial charge in [0.1, 0.15) is 5.41 Å². The Morgan fingerprint density at radius 2 is 2.05 bits per heavy atom. The molecule has 1 saturated carbocycles. The number of aromatic nitrogens is 1. The molecule has 1 aliphatic rings. The van der Waals surface area contributed by atoms with Crippen LogP contribution in [0.2, 0.25) is 0 Å². The van der Waals surface area contributed by atoms with E-state index in [0.29, 0.717) is 18.5 Å². The summed E-state index contributed by atoms with van der Waals surface area (Å²) in [4.78, 5) is 16.8. The van der Waals surface area contributed by atoms with E-state index in [2.05, 4.69) is 15.5 Å². The van der Waals surface area contributed by atoms with Crippen molar-refractivity contribution in [3.8, 4) is 0 Å². The Kier molecular flexibility index (Phi) is 4.77. The first kappa shape index (κ1) is 15.3. The number of oxime groups is 1.